The highest BCUT2D eigenvalue weighted by Crippen LogP contribution is 2.33. The van der Waals surface area contributed by atoms with Gasteiger partial charge in [-0.2, -0.15) is 0 Å². The number of hydrogen-bond donors (Lipinski definition) is 2. The smallest absolute Gasteiger partial charge is 0.234 e. The average molecular weight is 471 g/mol. The van der Waals surface area contributed by atoms with Gasteiger partial charge in [-0.1, -0.05) is 65.3 Å². The van der Waals surface area contributed by atoms with Crippen molar-refractivity contribution in [3.8, 4) is 22.8 Å². The maximum absolute atomic E-state index is 12.5. The van der Waals surface area contributed by atoms with Gasteiger partial charge in [-0.3, -0.25) is 9.36 Å². The molecular weight excluding hydrogens is 455 g/mol. The summed E-state index contributed by atoms with van der Waals surface area (Å²) >= 11 is 13.3. The Labute approximate surface area is 192 Å². The molecule has 0 atom stereocenters. The van der Waals surface area contributed by atoms with Crippen molar-refractivity contribution in [1.82, 2.24) is 14.8 Å². The molecule has 1 amide bonds. The van der Waals surface area contributed by atoms with Crippen LogP contribution in [0.25, 0.3) is 17.1 Å². The minimum atomic E-state index is -0.263. The fraction of sp³-hybridized carbons (Fsp3) is 0.0455. The molecule has 4 aromatic rings. The van der Waals surface area contributed by atoms with E-state index in [1.807, 2.05) is 36.4 Å². The molecule has 156 valence electrons. The summed E-state index contributed by atoms with van der Waals surface area (Å²) in [7, 11) is 0. The zero-order chi connectivity index (χ0) is 21.8. The van der Waals surface area contributed by atoms with E-state index in [-0.39, 0.29) is 17.4 Å². The molecule has 0 aliphatic heterocycles. The lowest BCUT2D eigenvalue weighted by atomic mass is 10.2. The summed E-state index contributed by atoms with van der Waals surface area (Å²) in [4.78, 5) is 12.5. The number of phenols is 1. The number of amides is 1. The van der Waals surface area contributed by atoms with E-state index in [0.717, 1.165) is 5.69 Å². The molecule has 4 rings (SSSR count). The Hall–Kier alpha value is -3.00. The van der Waals surface area contributed by atoms with Crippen LogP contribution in [0.5, 0.6) is 5.75 Å². The van der Waals surface area contributed by atoms with Crippen LogP contribution in [0, 0.1) is 0 Å². The summed E-state index contributed by atoms with van der Waals surface area (Å²) in [6.45, 7) is 0. The van der Waals surface area contributed by atoms with Gasteiger partial charge in [0, 0.05) is 10.7 Å². The largest absolute Gasteiger partial charge is 0.507 e. The molecule has 1 heterocycles. The lowest BCUT2D eigenvalue weighted by Crippen LogP contribution is -2.15. The molecule has 9 heteroatoms. The van der Waals surface area contributed by atoms with Crippen molar-refractivity contribution in [1.29, 1.82) is 0 Å². The first kappa shape index (κ1) is 21.2. The van der Waals surface area contributed by atoms with E-state index < -0.39 is 0 Å². The minimum absolute atomic E-state index is 0.0780. The van der Waals surface area contributed by atoms with Gasteiger partial charge in [-0.05, 0) is 42.5 Å². The average Bonchev–Trinajstić information content (AvgIpc) is 3.19. The van der Waals surface area contributed by atoms with Gasteiger partial charge in [-0.15, -0.1) is 10.2 Å². The first-order valence-corrected chi connectivity index (χ1v) is 10.9. The van der Waals surface area contributed by atoms with E-state index in [4.69, 9.17) is 23.2 Å². The van der Waals surface area contributed by atoms with Crippen molar-refractivity contribution in [2.45, 2.75) is 5.16 Å². The van der Waals surface area contributed by atoms with Crippen LogP contribution in [0.15, 0.2) is 78.0 Å². The van der Waals surface area contributed by atoms with E-state index in [9.17, 15) is 9.90 Å². The number of carbonyl (C=O) groups excluding carboxylic acids is 1. The second-order valence-corrected chi connectivity index (χ2v) is 8.24. The van der Waals surface area contributed by atoms with Crippen molar-refractivity contribution in [3.63, 3.8) is 0 Å². The Morgan fingerprint density at radius 3 is 2.52 bits per heavy atom. The number of halogens is 2. The molecule has 0 fully saturated rings. The maximum Gasteiger partial charge on any atom is 0.234 e. The number of phenolic OH excluding ortho intramolecular Hbond substituents is 1. The molecule has 0 saturated carbocycles. The molecule has 2 N–H and O–H groups in total. The summed E-state index contributed by atoms with van der Waals surface area (Å²) in [5, 5.41) is 23.0. The van der Waals surface area contributed by atoms with Crippen molar-refractivity contribution in [2.75, 3.05) is 11.1 Å². The highest BCUT2D eigenvalue weighted by molar-refractivity contribution is 7.99. The van der Waals surface area contributed by atoms with Gasteiger partial charge in [0.15, 0.2) is 11.0 Å². The van der Waals surface area contributed by atoms with Crippen LogP contribution < -0.4 is 5.32 Å². The normalized spacial score (nSPS) is 10.8. The van der Waals surface area contributed by atoms with Gasteiger partial charge in [0.2, 0.25) is 5.91 Å². The van der Waals surface area contributed by atoms with E-state index >= 15 is 0 Å². The number of anilines is 1. The topological polar surface area (TPSA) is 80.0 Å². The molecule has 0 radical (unpaired) electrons. The Balaban J connectivity index is 1.61. The van der Waals surface area contributed by atoms with Gasteiger partial charge in [0.05, 0.1) is 22.0 Å². The number of nitrogens with one attached hydrogen (secondary N) is 1. The van der Waals surface area contributed by atoms with Gasteiger partial charge in [-0.25, -0.2) is 0 Å². The zero-order valence-electron chi connectivity index (χ0n) is 16.0. The van der Waals surface area contributed by atoms with Crippen LogP contribution in [-0.4, -0.2) is 31.5 Å². The number of aromatic hydroxyl groups is 1. The van der Waals surface area contributed by atoms with E-state index in [1.54, 1.807) is 41.0 Å². The van der Waals surface area contributed by atoms with E-state index in [1.165, 1.54) is 11.8 Å². The van der Waals surface area contributed by atoms with Crippen LogP contribution >= 0.6 is 35.0 Å². The third-order valence-electron chi connectivity index (χ3n) is 4.33. The third kappa shape index (κ3) is 4.85. The van der Waals surface area contributed by atoms with Crippen LogP contribution in [0.2, 0.25) is 10.0 Å². The summed E-state index contributed by atoms with van der Waals surface area (Å²) in [6, 6.07) is 21.3. The standard InChI is InChI=1S/C22H16Cl2N4O2S/c23-14-10-11-17(24)18(12-14)25-20(30)13-31-22-27-26-21(16-8-4-5-9-19(16)29)28(22)15-6-2-1-3-7-15/h1-12,29H,13H2,(H,25,30). The number of para-hydroxylation sites is 2. The monoisotopic (exact) mass is 470 g/mol. The van der Waals surface area contributed by atoms with Crippen LogP contribution in [0.3, 0.4) is 0 Å². The van der Waals surface area contributed by atoms with Crippen LogP contribution in [0.4, 0.5) is 5.69 Å². The number of aromatic nitrogens is 3. The third-order valence-corrected chi connectivity index (χ3v) is 5.82. The molecule has 6 nitrogen and oxygen atoms in total. The second kappa shape index (κ2) is 9.43. The van der Waals surface area contributed by atoms with Crippen molar-refractivity contribution in [2.24, 2.45) is 0 Å². The predicted octanol–water partition coefficient (Wildman–Crippen LogP) is 5.68. The molecule has 31 heavy (non-hydrogen) atoms. The number of nitrogens with zero attached hydrogens (tertiary/aromatic N) is 3. The van der Waals surface area contributed by atoms with Crippen molar-refractivity contribution >= 4 is 46.6 Å². The summed E-state index contributed by atoms with van der Waals surface area (Å²) < 4.78 is 1.80. The second-order valence-electron chi connectivity index (χ2n) is 6.46. The van der Waals surface area contributed by atoms with E-state index in [0.29, 0.717) is 32.3 Å². The summed E-state index contributed by atoms with van der Waals surface area (Å²) in [5.74, 6) is 0.386. The molecule has 1 aromatic heterocycles. The number of carbonyl (C=O) groups is 1. The fourth-order valence-electron chi connectivity index (χ4n) is 2.92. The van der Waals surface area contributed by atoms with Gasteiger partial charge in [0.25, 0.3) is 0 Å². The lowest BCUT2D eigenvalue weighted by Gasteiger charge is -2.11. The first-order chi connectivity index (χ1) is 15.0. The molecule has 0 aliphatic rings. The molecular formula is C22H16Cl2N4O2S. The maximum atomic E-state index is 12.5. The lowest BCUT2D eigenvalue weighted by molar-refractivity contribution is -0.113. The van der Waals surface area contributed by atoms with Crippen molar-refractivity contribution < 1.29 is 9.90 Å². The quantitative estimate of drug-likeness (QED) is 0.354. The van der Waals surface area contributed by atoms with E-state index in [2.05, 4.69) is 15.5 Å². The SMILES string of the molecule is O=C(CSc1nnc(-c2ccccc2O)n1-c1ccccc1)Nc1cc(Cl)ccc1Cl. The molecule has 0 saturated heterocycles. The number of benzene rings is 3. The van der Waals surface area contributed by atoms with Gasteiger partial charge < -0.3 is 10.4 Å². The summed E-state index contributed by atoms with van der Waals surface area (Å²) in [6.07, 6.45) is 0. The highest BCUT2D eigenvalue weighted by Gasteiger charge is 2.19. The summed E-state index contributed by atoms with van der Waals surface area (Å²) in [5.41, 5.74) is 1.80. The van der Waals surface area contributed by atoms with Gasteiger partial charge >= 0.3 is 0 Å². The highest BCUT2D eigenvalue weighted by atomic mass is 35.5. The van der Waals surface area contributed by atoms with Crippen molar-refractivity contribution in [3.05, 3.63) is 82.8 Å². The molecule has 0 unspecified atom stereocenters. The molecule has 3 aromatic carbocycles. The minimum Gasteiger partial charge on any atom is -0.507 e. The molecule has 0 bridgehead atoms. The molecule has 0 spiro atoms. The fourth-order valence-corrected chi connectivity index (χ4v) is 4.01. The number of thioether (sulfide) groups is 1. The zero-order valence-corrected chi connectivity index (χ0v) is 18.3. The Kier molecular flexibility index (Phi) is 6.46. The Morgan fingerprint density at radius 1 is 1.00 bits per heavy atom. The van der Waals surface area contributed by atoms with Gasteiger partial charge in [0.1, 0.15) is 5.75 Å². The predicted molar refractivity (Wildman–Crippen MR) is 124 cm³/mol. The Bertz CT molecular complexity index is 1230. The number of rotatable bonds is 6. The molecule has 0 aliphatic carbocycles. The van der Waals surface area contributed by atoms with Crippen LogP contribution in [-0.2, 0) is 4.79 Å². The Morgan fingerprint density at radius 2 is 1.74 bits per heavy atom. The van der Waals surface area contributed by atoms with Crippen LogP contribution in [0.1, 0.15) is 0 Å². The first-order valence-electron chi connectivity index (χ1n) is 9.20. The number of hydrogen-bond acceptors (Lipinski definition) is 5.